The van der Waals surface area contributed by atoms with Crippen LogP contribution in [0.5, 0.6) is 0 Å². The van der Waals surface area contributed by atoms with Crippen molar-refractivity contribution in [1.29, 1.82) is 0 Å². The van der Waals surface area contributed by atoms with E-state index in [0.29, 0.717) is 5.92 Å². The first-order valence-corrected chi connectivity index (χ1v) is 5.80. The van der Waals surface area contributed by atoms with E-state index in [1.165, 1.54) is 12.0 Å². The minimum Gasteiger partial charge on any atom is -0.351 e. The minimum atomic E-state index is -0.273. The van der Waals surface area contributed by atoms with Gasteiger partial charge in [0.05, 0.1) is 11.7 Å². The zero-order valence-corrected chi connectivity index (χ0v) is 9.15. The molecule has 2 heterocycles. The van der Waals surface area contributed by atoms with Crippen molar-refractivity contribution in [3.63, 3.8) is 0 Å². The van der Waals surface area contributed by atoms with E-state index in [0.717, 1.165) is 25.8 Å². The highest BCUT2D eigenvalue weighted by Crippen LogP contribution is 2.59. The van der Waals surface area contributed by atoms with E-state index in [9.17, 15) is 4.79 Å². The van der Waals surface area contributed by atoms with Crippen LogP contribution in [0.2, 0.25) is 0 Å². The van der Waals surface area contributed by atoms with Gasteiger partial charge >= 0.3 is 6.03 Å². The van der Waals surface area contributed by atoms with Crippen LogP contribution in [0.25, 0.3) is 0 Å². The summed E-state index contributed by atoms with van der Waals surface area (Å²) >= 11 is 0. The van der Waals surface area contributed by atoms with Crippen LogP contribution < -0.4 is 5.73 Å². The summed E-state index contributed by atoms with van der Waals surface area (Å²) in [7, 11) is 0. The molecular weight excluding hydrogens is 204 g/mol. The highest BCUT2D eigenvalue weighted by Gasteiger charge is 2.60. The highest BCUT2D eigenvalue weighted by molar-refractivity contribution is 5.74. The third-order valence-electron chi connectivity index (χ3n) is 4.01. The molecule has 1 aromatic heterocycles. The topological polar surface area (TPSA) is 75.0 Å². The van der Waals surface area contributed by atoms with E-state index in [1.807, 2.05) is 17.3 Å². The number of H-pyrrole nitrogens is 1. The van der Waals surface area contributed by atoms with E-state index in [4.69, 9.17) is 5.73 Å². The van der Waals surface area contributed by atoms with Crippen LogP contribution in [-0.4, -0.2) is 33.2 Å². The summed E-state index contributed by atoms with van der Waals surface area (Å²) in [5.41, 5.74) is 6.67. The monoisotopic (exact) mass is 220 g/mol. The van der Waals surface area contributed by atoms with Gasteiger partial charge in [-0.1, -0.05) is 0 Å². The van der Waals surface area contributed by atoms with E-state index < -0.39 is 0 Å². The molecule has 0 bridgehead atoms. The maximum atomic E-state index is 11.4. The van der Waals surface area contributed by atoms with Crippen LogP contribution in [-0.2, 0) is 0 Å². The first-order chi connectivity index (χ1) is 7.74. The molecule has 1 aliphatic carbocycles. The molecule has 3 rings (SSSR count). The van der Waals surface area contributed by atoms with E-state index in [-0.39, 0.29) is 11.6 Å². The van der Waals surface area contributed by atoms with Crippen molar-refractivity contribution in [2.75, 3.05) is 6.54 Å². The number of urea groups is 1. The van der Waals surface area contributed by atoms with Crippen molar-refractivity contribution in [3.8, 4) is 0 Å². The van der Waals surface area contributed by atoms with Crippen LogP contribution in [0.1, 0.15) is 37.2 Å². The van der Waals surface area contributed by atoms with Gasteiger partial charge in [0.2, 0.25) is 0 Å². The number of aromatic amines is 1. The summed E-state index contributed by atoms with van der Waals surface area (Å²) in [4.78, 5) is 13.3. The zero-order valence-electron chi connectivity index (χ0n) is 9.15. The summed E-state index contributed by atoms with van der Waals surface area (Å²) in [6.07, 6.45) is 8.16. The molecule has 2 fully saturated rings. The van der Waals surface area contributed by atoms with Gasteiger partial charge in [-0.15, -0.1) is 0 Å². The van der Waals surface area contributed by atoms with Crippen LogP contribution in [0.4, 0.5) is 4.79 Å². The number of hydrogen-bond acceptors (Lipinski definition) is 2. The fourth-order valence-electron chi connectivity index (χ4n) is 3.14. The molecule has 2 atom stereocenters. The normalized spacial score (nSPS) is 33.0. The SMILES string of the molecule is NC(=O)N1CCCCC12CC2c1cn[nH]c1. The number of likely N-dealkylation sites (tertiary alicyclic amines) is 1. The number of hydrogen-bond donors (Lipinski definition) is 2. The van der Waals surface area contributed by atoms with E-state index in [1.54, 1.807) is 0 Å². The Kier molecular flexibility index (Phi) is 1.96. The van der Waals surface area contributed by atoms with Gasteiger partial charge in [-0.3, -0.25) is 5.10 Å². The van der Waals surface area contributed by atoms with Crippen molar-refractivity contribution >= 4 is 6.03 Å². The lowest BCUT2D eigenvalue weighted by Crippen LogP contribution is -2.49. The van der Waals surface area contributed by atoms with E-state index >= 15 is 0 Å². The Morgan fingerprint density at radius 3 is 3.19 bits per heavy atom. The summed E-state index contributed by atoms with van der Waals surface area (Å²) in [6.45, 7) is 0.809. The van der Waals surface area contributed by atoms with Crippen molar-refractivity contribution < 1.29 is 4.79 Å². The fraction of sp³-hybridized carbons (Fsp3) is 0.636. The lowest BCUT2D eigenvalue weighted by atomic mass is 9.96. The number of carbonyl (C=O) groups is 1. The standard InChI is InChI=1S/C11H16N4O/c12-10(16)15-4-2-1-3-11(15)5-9(11)8-6-13-14-7-8/h6-7,9H,1-5H2,(H2,12,16)(H,13,14). The first-order valence-electron chi connectivity index (χ1n) is 5.80. The molecule has 5 nitrogen and oxygen atoms in total. The van der Waals surface area contributed by atoms with Crippen molar-refractivity contribution in [1.82, 2.24) is 15.1 Å². The molecule has 86 valence electrons. The number of nitrogens with one attached hydrogen (secondary N) is 1. The summed E-state index contributed by atoms with van der Waals surface area (Å²) in [5, 5.41) is 6.80. The minimum absolute atomic E-state index is 0.00789. The molecule has 16 heavy (non-hydrogen) atoms. The van der Waals surface area contributed by atoms with Gasteiger partial charge in [-0.25, -0.2) is 4.79 Å². The molecule has 0 radical (unpaired) electrons. The largest absolute Gasteiger partial charge is 0.351 e. The lowest BCUT2D eigenvalue weighted by molar-refractivity contribution is 0.144. The molecule has 5 heteroatoms. The van der Waals surface area contributed by atoms with Gasteiger partial charge in [0.1, 0.15) is 0 Å². The number of nitrogens with zero attached hydrogens (tertiary/aromatic N) is 2. The lowest BCUT2D eigenvalue weighted by Gasteiger charge is -2.36. The molecular formula is C11H16N4O. The predicted octanol–water partition coefficient (Wildman–Crippen LogP) is 1.20. The maximum absolute atomic E-state index is 11.4. The van der Waals surface area contributed by atoms with Gasteiger partial charge in [-0.05, 0) is 31.2 Å². The molecule has 2 aliphatic rings. The molecule has 3 N–H and O–H groups in total. The first kappa shape index (κ1) is 9.69. The second kappa shape index (κ2) is 3.23. The number of primary amides is 1. The van der Waals surface area contributed by atoms with Crippen molar-refractivity contribution in [3.05, 3.63) is 18.0 Å². The van der Waals surface area contributed by atoms with Crippen LogP contribution >= 0.6 is 0 Å². The van der Waals surface area contributed by atoms with Crippen LogP contribution in [0.3, 0.4) is 0 Å². The van der Waals surface area contributed by atoms with E-state index in [2.05, 4.69) is 10.2 Å². The molecule has 1 saturated heterocycles. The average molecular weight is 220 g/mol. The Labute approximate surface area is 94.0 Å². The molecule has 2 amide bonds. The molecule has 1 spiro atoms. The second-order valence-electron chi connectivity index (χ2n) is 4.84. The van der Waals surface area contributed by atoms with Crippen molar-refractivity contribution in [2.24, 2.45) is 5.73 Å². The molecule has 0 aromatic carbocycles. The summed E-state index contributed by atoms with van der Waals surface area (Å²) < 4.78 is 0. The average Bonchev–Trinajstić information content (AvgIpc) is 2.78. The van der Waals surface area contributed by atoms with Gasteiger partial charge in [0.25, 0.3) is 0 Å². The third kappa shape index (κ3) is 1.24. The third-order valence-corrected chi connectivity index (χ3v) is 4.01. The van der Waals surface area contributed by atoms with Gasteiger partial charge in [-0.2, -0.15) is 5.10 Å². The molecule has 1 aliphatic heterocycles. The smallest absolute Gasteiger partial charge is 0.315 e. The second-order valence-corrected chi connectivity index (χ2v) is 4.84. The van der Waals surface area contributed by atoms with Crippen molar-refractivity contribution in [2.45, 2.75) is 37.1 Å². The molecule has 1 saturated carbocycles. The summed E-state index contributed by atoms with van der Waals surface area (Å²) in [6, 6.07) is -0.273. The van der Waals surface area contributed by atoms with Gasteiger partial charge in [0.15, 0.2) is 0 Å². The Balaban J connectivity index is 1.86. The Hall–Kier alpha value is -1.52. The summed E-state index contributed by atoms with van der Waals surface area (Å²) in [5.74, 6) is 0.430. The Morgan fingerprint density at radius 1 is 1.62 bits per heavy atom. The fourth-order valence-corrected chi connectivity index (χ4v) is 3.14. The van der Waals surface area contributed by atoms with Gasteiger partial charge in [0, 0.05) is 18.7 Å². The molecule has 1 aromatic rings. The number of carbonyl (C=O) groups excluding carboxylic acids is 1. The number of amides is 2. The number of piperidine rings is 1. The quantitative estimate of drug-likeness (QED) is 0.746. The highest BCUT2D eigenvalue weighted by atomic mass is 16.2. The Morgan fingerprint density at radius 2 is 2.50 bits per heavy atom. The van der Waals surface area contributed by atoms with Gasteiger partial charge < -0.3 is 10.6 Å². The van der Waals surface area contributed by atoms with Crippen LogP contribution in [0, 0.1) is 0 Å². The maximum Gasteiger partial charge on any atom is 0.315 e. The number of nitrogens with two attached hydrogens (primary N) is 1. The Bertz CT molecular complexity index is 402. The number of aromatic nitrogens is 2. The number of rotatable bonds is 1. The predicted molar refractivity (Wildman–Crippen MR) is 58.8 cm³/mol. The van der Waals surface area contributed by atoms with Crippen LogP contribution in [0.15, 0.2) is 12.4 Å². The molecule has 2 unspecified atom stereocenters. The zero-order chi connectivity index (χ0) is 11.2.